The molecule has 1 aliphatic heterocycles. The lowest BCUT2D eigenvalue weighted by Gasteiger charge is -2.38. The Morgan fingerprint density at radius 2 is 1.47 bits per heavy atom. The molecule has 0 aromatic heterocycles. The van der Waals surface area contributed by atoms with Crippen LogP contribution in [0.5, 0.6) is 0 Å². The Kier molecular flexibility index (Phi) is 8.01. The first kappa shape index (κ1) is 17.0. The minimum Gasteiger partial charge on any atom is -0.306 e. The normalized spacial score (nSPS) is 30.0. The number of likely N-dealkylation sites (tertiary alicyclic amines) is 1. The molecule has 0 N–H and O–H groups in total. The van der Waals surface area contributed by atoms with E-state index in [-0.39, 0.29) is 0 Å². The van der Waals surface area contributed by atoms with Crippen LogP contribution in [0.3, 0.4) is 0 Å². The van der Waals surface area contributed by atoms with Crippen LogP contribution in [0.15, 0.2) is 0 Å². The predicted octanol–water partition coefficient (Wildman–Crippen LogP) is 3.86. The van der Waals surface area contributed by atoms with Gasteiger partial charge in [0.15, 0.2) is 0 Å². The lowest BCUT2D eigenvalue weighted by molar-refractivity contribution is 0.115. The molecule has 2 nitrogen and oxygen atoms in total. The quantitative estimate of drug-likeness (QED) is 0.767. The Hall–Kier alpha value is -0.0800. The molecule has 2 rings (SSSR count). The summed E-state index contributed by atoms with van der Waals surface area (Å²) in [5.41, 5.74) is 0. The van der Waals surface area contributed by atoms with Crippen molar-refractivity contribution in [3.8, 4) is 0 Å². The maximum atomic E-state index is 2.66. The third-order valence-electron chi connectivity index (χ3n) is 4.99. The fourth-order valence-electron chi connectivity index (χ4n) is 3.50. The Morgan fingerprint density at radius 3 is 2.00 bits per heavy atom. The van der Waals surface area contributed by atoms with Crippen molar-refractivity contribution in [2.75, 3.05) is 33.7 Å². The number of hydrogen-bond acceptors (Lipinski definition) is 2. The number of hydrogen-bond donors (Lipinski definition) is 0. The molecule has 19 heavy (non-hydrogen) atoms. The highest BCUT2D eigenvalue weighted by Crippen LogP contribution is 2.29. The molecule has 0 atom stereocenters. The van der Waals surface area contributed by atoms with E-state index in [2.05, 4.69) is 30.8 Å². The maximum absolute atomic E-state index is 2.66. The summed E-state index contributed by atoms with van der Waals surface area (Å²) < 4.78 is 0. The van der Waals surface area contributed by atoms with Gasteiger partial charge in [0.25, 0.3) is 0 Å². The van der Waals surface area contributed by atoms with E-state index in [1.165, 1.54) is 58.2 Å². The SMILES string of the molecule is CC.CC1CCC(CN(C)C2CCN(C)CC2)CC1. The zero-order valence-electron chi connectivity index (χ0n) is 14.0. The summed E-state index contributed by atoms with van der Waals surface area (Å²) in [6.07, 6.45) is 8.61. The van der Waals surface area contributed by atoms with Crippen molar-refractivity contribution in [1.29, 1.82) is 0 Å². The molecule has 2 aliphatic rings. The average Bonchev–Trinajstić information content (AvgIpc) is 2.44. The standard InChI is InChI=1S/C15H30N2.C2H6/c1-13-4-6-14(7-5-13)12-17(3)15-8-10-16(2)11-9-15;1-2/h13-15H,4-12H2,1-3H3;1-2H3. The summed E-state index contributed by atoms with van der Waals surface area (Å²) in [5.74, 6) is 1.97. The van der Waals surface area contributed by atoms with Crippen LogP contribution in [0, 0.1) is 11.8 Å². The van der Waals surface area contributed by atoms with Crippen LogP contribution in [0.2, 0.25) is 0 Å². The van der Waals surface area contributed by atoms with E-state index in [1.54, 1.807) is 0 Å². The number of rotatable bonds is 3. The van der Waals surface area contributed by atoms with Gasteiger partial charge in [-0.25, -0.2) is 0 Å². The van der Waals surface area contributed by atoms with E-state index in [0.717, 1.165) is 17.9 Å². The zero-order chi connectivity index (χ0) is 14.3. The van der Waals surface area contributed by atoms with Crippen molar-refractivity contribution in [2.45, 2.75) is 65.3 Å². The monoisotopic (exact) mass is 268 g/mol. The Morgan fingerprint density at radius 1 is 0.947 bits per heavy atom. The first-order valence-electron chi connectivity index (χ1n) is 8.54. The summed E-state index contributed by atoms with van der Waals surface area (Å²) >= 11 is 0. The summed E-state index contributed by atoms with van der Waals surface area (Å²) in [7, 11) is 4.60. The van der Waals surface area contributed by atoms with Crippen molar-refractivity contribution in [3.05, 3.63) is 0 Å². The molecule has 1 aliphatic carbocycles. The highest BCUT2D eigenvalue weighted by Gasteiger charge is 2.24. The molecule has 2 fully saturated rings. The molecule has 1 heterocycles. The van der Waals surface area contributed by atoms with Gasteiger partial charge in [-0.15, -0.1) is 0 Å². The van der Waals surface area contributed by atoms with Gasteiger partial charge in [0.05, 0.1) is 0 Å². The van der Waals surface area contributed by atoms with Crippen LogP contribution >= 0.6 is 0 Å². The van der Waals surface area contributed by atoms with Gasteiger partial charge in [-0.3, -0.25) is 0 Å². The molecule has 0 radical (unpaired) electrons. The van der Waals surface area contributed by atoms with Crippen molar-refractivity contribution in [1.82, 2.24) is 9.80 Å². The molecule has 1 saturated heterocycles. The van der Waals surface area contributed by atoms with Crippen LogP contribution in [0.25, 0.3) is 0 Å². The van der Waals surface area contributed by atoms with Gasteiger partial charge in [-0.2, -0.15) is 0 Å². The predicted molar refractivity (Wildman–Crippen MR) is 85.6 cm³/mol. The zero-order valence-corrected chi connectivity index (χ0v) is 14.0. The largest absolute Gasteiger partial charge is 0.306 e. The van der Waals surface area contributed by atoms with Gasteiger partial charge in [0, 0.05) is 12.6 Å². The second kappa shape index (κ2) is 8.97. The van der Waals surface area contributed by atoms with Crippen LogP contribution < -0.4 is 0 Å². The minimum absolute atomic E-state index is 0.852. The first-order chi connectivity index (χ1) is 9.15. The first-order valence-corrected chi connectivity index (χ1v) is 8.54. The van der Waals surface area contributed by atoms with Crippen molar-refractivity contribution >= 4 is 0 Å². The molecule has 0 amide bonds. The number of piperidine rings is 1. The third-order valence-corrected chi connectivity index (χ3v) is 4.99. The summed E-state index contributed by atoms with van der Waals surface area (Å²) in [4.78, 5) is 5.13. The van der Waals surface area contributed by atoms with Crippen molar-refractivity contribution in [3.63, 3.8) is 0 Å². The van der Waals surface area contributed by atoms with Crippen LogP contribution in [0.1, 0.15) is 59.3 Å². The van der Waals surface area contributed by atoms with Crippen LogP contribution in [0.4, 0.5) is 0 Å². The van der Waals surface area contributed by atoms with E-state index in [9.17, 15) is 0 Å². The van der Waals surface area contributed by atoms with Gasteiger partial charge in [0.1, 0.15) is 0 Å². The topological polar surface area (TPSA) is 6.48 Å². The van der Waals surface area contributed by atoms with Crippen LogP contribution in [-0.2, 0) is 0 Å². The second-order valence-electron chi connectivity index (χ2n) is 6.60. The van der Waals surface area contributed by atoms with Gasteiger partial charge in [-0.05, 0) is 64.7 Å². The molecule has 0 aromatic rings. The highest BCUT2D eigenvalue weighted by atomic mass is 15.2. The maximum Gasteiger partial charge on any atom is 0.0117 e. The second-order valence-corrected chi connectivity index (χ2v) is 6.60. The molecule has 0 spiro atoms. The molecule has 2 heteroatoms. The molecular weight excluding hydrogens is 232 g/mol. The van der Waals surface area contributed by atoms with Gasteiger partial charge in [0.2, 0.25) is 0 Å². The van der Waals surface area contributed by atoms with Gasteiger partial charge in [-0.1, -0.05) is 33.6 Å². The van der Waals surface area contributed by atoms with E-state index in [1.807, 2.05) is 13.8 Å². The van der Waals surface area contributed by atoms with Gasteiger partial charge < -0.3 is 9.80 Å². The molecule has 1 saturated carbocycles. The van der Waals surface area contributed by atoms with E-state index in [0.29, 0.717) is 0 Å². The lowest BCUT2D eigenvalue weighted by Crippen LogP contribution is -2.43. The third kappa shape index (κ3) is 5.83. The molecule has 114 valence electrons. The van der Waals surface area contributed by atoms with Crippen molar-refractivity contribution < 1.29 is 0 Å². The molecular formula is C17H36N2. The molecule has 0 aromatic carbocycles. The Labute approximate surface area is 121 Å². The summed E-state index contributed by atoms with van der Waals surface area (Å²) in [6.45, 7) is 10.3. The lowest BCUT2D eigenvalue weighted by atomic mass is 9.82. The van der Waals surface area contributed by atoms with Crippen molar-refractivity contribution in [2.24, 2.45) is 11.8 Å². The van der Waals surface area contributed by atoms with Crippen LogP contribution in [-0.4, -0.2) is 49.6 Å². The Balaban J connectivity index is 0.000000861. The summed E-state index contributed by atoms with van der Waals surface area (Å²) in [6, 6.07) is 0.852. The van der Waals surface area contributed by atoms with Gasteiger partial charge >= 0.3 is 0 Å². The number of nitrogens with zero attached hydrogens (tertiary/aromatic N) is 2. The Bertz CT molecular complexity index is 213. The minimum atomic E-state index is 0.852. The molecule has 0 bridgehead atoms. The summed E-state index contributed by atoms with van der Waals surface area (Å²) in [5, 5.41) is 0. The smallest absolute Gasteiger partial charge is 0.0117 e. The van der Waals surface area contributed by atoms with E-state index < -0.39 is 0 Å². The highest BCUT2D eigenvalue weighted by molar-refractivity contribution is 4.79. The molecule has 0 unspecified atom stereocenters. The fourth-order valence-corrected chi connectivity index (χ4v) is 3.50. The van der Waals surface area contributed by atoms with E-state index >= 15 is 0 Å². The fraction of sp³-hybridized carbons (Fsp3) is 1.00. The average molecular weight is 268 g/mol. The van der Waals surface area contributed by atoms with E-state index in [4.69, 9.17) is 0 Å².